The molecule has 0 bridgehead atoms. The third kappa shape index (κ3) is 8.51. The first-order valence-corrected chi connectivity index (χ1v) is 13.6. The number of nitrogens with one attached hydrogen (secondary N) is 3. The van der Waals surface area contributed by atoms with Crippen LogP contribution in [0.2, 0.25) is 0 Å². The third-order valence-corrected chi connectivity index (χ3v) is 7.76. The summed E-state index contributed by atoms with van der Waals surface area (Å²) in [4.78, 5) is 34.7. The van der Waals surface area contributed by atoms with Crippen LogP contribution in [-0.4, -0.2) is 48.1 Å². The van der Waals surface area contributed by atoms with Gasteiger partial charge in [-0.15, -0.1) is 11.3 Å². The van der Waals surface area contributed by atoms with Crippen molar-refractivity contribution in [3.8, 4) is 0 Å². The predicted octanol–water partition coefficient (Wildman–Crippen LogP) is 4.50. The van der Waals surface area contributed by atoms with E-state index >= 15 is 0 Å². The number of carboxylic acids is 1. The van der Waals surface area contributed by atoms with Crippen molar-refractivity contribution in [2.24, 2.45) is 11.7 Å². The fourth-order valence-corrected chi connectivity index (χ4v) is 5.66. The summed E-state index contributed by atoms with van der Waals surface area (Å²) in [6.07, 6.45) is -1.04. The van der Waals surface area contributed by atoms with Crippen molar-refractivity contribution >= 4 is 45.1 Å². The highest BCUT2D eigenvalue weighted by atomic mass is 32.1. The molecule has 4 rings (SSSR count). The second kappa shape index (κ2) is 14.1. The molecule has 3 atom stereocenters. The van der Waals surface area contributed by atoms with Gasteiger partial charge in [0.25, 0.3) is 0 Å². The Morgan fingerprint density at radius 1 is 1.15 bits per heavy atom. The number of aliphatic carboxylic acids is 1. The zero-order chi connectivity index (χ0) is 30.2. The van der Waals surface area contributed by atoms with Crippen molar-refractivity contribution in [3.63, 3.8) is 0 Å². The molecule has 9 nitrogen and oxygen atoms in total. The topological polar surface area (TPSA) is 155 Å². The molecule has 6 N–H and O–H groups in total. The molecule has 1 aromatic heterocycles. The van der Waals surface area contributed by atoms with E-state index in [9.17, 15) is 22.8 Å². The fraction of sp³-hybridized carbons (Fsp3) is 0.357. The first kappa shape index (κ1) is 31.6. The number of nitrogens with two attached hydrogens (primary N) is 1. The number of carboxylic acid groups (broad SMARTS) is 1. The molecular formula is C28H31F3N4O5S. The molecule has 1 aliphatic rings. The number of fused-ring (bicyclic) bond motifs is 1. The van der Waals surface area contributed by atoms with Crippen molar-refractivity contribution in [3.05, 3.63) is 70.6 Å². The van der Waals surface area contributed by atoms with E-state index in [1.807, 2.05) is 53.9 Å². The van der Waals surface area contributed by atoms with E-state index in [1.54, 1.807) is 11.3 Å². The minimum atomic E-state index is -5.08. The lowest BCUT2D eigenvalue weighted by molar-refractivity contribution is -0.192. The van der Waals surface area contributed by atoms with Crippen LogP contribution in [0.15, 0.2) is 53.9 Å². The van der Waals surface area contributed by atoms with Crippen molar-refractivity contribution < 1.29 is 37.4 Å². The summed E-state index contributed by atoms with van der Waals surface area (Å²) in [6.45, 7) is 0. The smallest absolute Gasteiger partial charge is 0.475 e. The zero-order valence-electron chi connectivity index (χ0n) is 22.2. The molecule has 0 aliphatic heterocycles. The van der Waals surface area contributed by atoms with Crippen LogP contribution in [0.5, 0.6) is 0 Å². The molecule has 41 heavy (non-hydrogen) atoms. The number of carbonyl (C=O) groups is 3. The Balaban J connectivity index is 0.000000587. The highest BCUT2D eigenvalue weighted by Gasteiger charge is 2.38. The second-order valence-electron chi connectivity index (χ2n) is 9.52. The molecule has 1 fully saturated rings. The molecule has 2 aromatic carbocycles. The highest BCUT2D eigenvalue weighted by molar-refractivity contribution is 7.17. The Kier molecular flexibility index (Phi) is 10.8. The molecule has 0 spiro atoms. The van der Waals surface area contributed by atoms with Crippen LogP contribution >= 0.6 is 11.3 Å². The van der Waals surface area contributed by atoms with E-state index in [1.165, 1.54) is 7.11 Å². The number of benzene rings is 2. The van der Waals surface area contributed by atoms with E-state index in [4.69, 9.17) is 25.8 Å². The Bertz CT molecular complexity index is 1380. The molecule has 0 saturated heterocycles. The Hall–Kier alpha value is -3.97. The minimum absolute atomic E-state index is 0.00377. The number of ether oxygens (including phenoxy) is 1. The van der Waals surface area contributed by atoms with Crippen LogP contribution in [0.1, 0.15) is 48.3 Å². The van der Waals surface area contributed by atoms with E-state index < -0.39 is 18.1 Å². The molecule has 0 radical (unpaired) electrons. The third-order valence-electron chi connectivity index (χ3n) is 6.78. The molecule has 1 heterocycles. The maximum Gasteiger partial charge on any atom is 0.490 e. The van der Waals surface area contributed by atoms with Gasteiger partial charge in [0.15, 0.2) is 0 Å². The van der Waals surface area contributed by atoms with Gasteiger partial charge < -0.3 is 15.6 Å². The summed E-state index contributed by atoms with van der Waals surface area (Å²) in [5, 5.41) is 17.9. The average Bonchev–Trinajstić information content (AvgIpc) is 3.37. The van der Waals surface area contributed by atoms with E-state index in [-0.39, 0.29) is 29.7 Å². The number of rotatable bonds is 8. The molecule has 1 saturated carbocycles. The molecule has 1 amide bonds. The monoisotopic (exact) mass is 592 g/mol. The van der Waals surface area contributed by atoms with Crippen LogP contribution in [-0.2, 0) is 25.5 Å². The molecule has 1 aliphatic carbocycles. The minimum Gasteiger partial charge on any atom is -0.475 e. The van der Waals surface area contributed by atoms with Crippen molar-refractivity contribution in [1.82, 2.24) is 10.9 Å². The lowest BCUT2D eigenvalue weighted by Crippen LogP contribution is -2.52. The number of carbonyl (C=O) groups excluding carboxylic acids is 2. The van der Waals surface area contributed by atoms with Crippen LogP contribution < -0.4 is 16.6 Å². The van der Waals surface area contributed by atoms with Gasteiger partial charge in [-0.1, -0.05) is 43.2 Å². The summed E-state index contributed by atoms with van der Waals surface area (Å²) in [7, 11) is 1.40. The van der Waals surface area contributed by atoms with Gasteiger partial charge in [0.05, 0.1) is 18.9 Å². The maximum atomic E-state index is 13.5. The summed E-state index contributed by atoms with van der Waals surface area (Å²) in [5.74, 6) is -3.89. The number of methoxy groups -OCH3 is 1. The van der Waals surface area contributed by atoms with Crippen LogP contribution in [0, 0.1) is 11.3 Å². The van der Waals surface area contributed by atoms with Gasteiger partial charge >= 0.3 is 18.1 Å². The number of amides is 1. The number of alkyl halides is 3. The van der Waals surface area contributed by atoms with Crippen molar-refractivity contribution in [2.45, 2.75) is 50.2 Å². The van der Waals surface area contributed by atoms with Crippen LogP contribution in [0.4, 0.5) is 13.2 Å². The lowest BCUT2D eigenvalue weighted by Gasteiger charge is -2.31. The Labute approximate surface area is 238 Å². The van der Waals surface area contributed by atoms with Gasteiger partial charge in [-0.2, -0.15) is 13.2 Å². The van der Waals surface area contributed by atoms with Crippen molar-refractivity contribution in [1.29, 1.82) is 5.41 Å². The molecule has 220 valence electrons. The van der Waals surface area contributed by atoms with Crippen molar-refractivity contribution in [2.75, 3.05) is 7.11 Å². The first-order chi connectivity index (χ1) is 19.4. The fourth-order valence-electron chi connectivity index (χ4n) is 4.67. The predicted molar refractivity (Wildman–Crippen MR) is 148 cm³/mol. The Morgan fingerprint density at radius 3 is 2.41 bits per heavy atom. The van der Waals surface area contributed by atoms with E-state index in [0.29, 0.717) is 12.0 Å². The van der Waals surface area contributed by atoms with Gasteiger partial charge in [0.1, 0.15) is 5.84 Å². The Morgan fingerprint density at radius 2 is 1.80 bits per heavy atom. The quantitative estimate of drug-likeness (QED) is 0.112. The number of amidine groups is 1. The molecular weight excluding hydrogens is 561 g/mol. The van der Waals surface area contributed by atoms with E-state index in [2.05, 4.69) is 10.9 Å². The van der Waals surface area contributed by atoms with E-state index in [0.717, 1.165) is 46.9 Å². The van der Waals surface area contributed by atoms with Gasteiger partial charge in [0.2, 0.25) is 5.91 Å². The number of hydrogen-bond donors (Lipinski definition) is 5. The number of halogens is 3. The molecule has 3 aromatic rings. The number of hydrogen-bond acceptors (Lipinski definition) is 7. The second-order valence-corrected chi connectivity index (χ2v) is 10.4. The molecule has 1 unspecified atom stereocenters. The van der Waals surface area contributed by atoms with Crippen LogP contribution in [0.3, 0.4) is 0 Å². The lowest BCUT2D eigenvalue weighted by atomic mass is 9.85. The number of esters is 1. The normalized spacial score (nSPS) is 17.6. The molecule has 13 heteroatoms. The summed E-state index contributed by atoms with van der Waals surface area (Å²) in [6, 6.07) is 15.4. The summed E-state index contributed by atoms with van der Waals surface area (Å²) < 4.78 is 37.7. The van der Waals surface area contributed by atoms with Crippen LogP contribution in [0.25, 0.3) is 10.1 Å². The summed E-state index contributed by atoms with van der Waals surface area (Å²) in [5.41, 5.74) is 14.4. The van der Waals surface area contributed by atoms with Gasteiger partial charge in [-0.3, -0.25) is 20.4 Å². The standard InChI is InChI=1S/C26H30N4O3S.C2HF3O2/c1-33-26(32)18-9-5-6-10-22(18)29-30-25(31)20(13-16-7-3-2-4-8-16)21-15-34-23-12-11-17(24(27)28)14-19(21)23;3-2(4,5)1(6)7/h2-4,7-8,11-12,14-15,18,20,22,29H,5-6,9-10,13H2,1H3,(H3,27,28)(H,30,31);(H,6,7)/t18-,20+,22?;/m0./s1. The van der Waals surface area contributed by atoms with Gasteiger partial charge in [-0.05, 0) is 59.4 Å². The van der Waals surface area contributed by atoms with Gasteiger partial charge in [0, 0.05) is 16.3 Å². The average molecular weight is 593 g/mol. The number of hydrazine groups is 1. The highest BCUT2D eigenvalue weighted by Crippen LogP contribution is 2.34. The number of nitrogen functional groups attached to an aromatic ring is 1. The number of thiophene rings is 1. The largest absolute Gasteiger partial charge is 0.490 e. The van der Waals surface area contributed by atoms with Gasteiger partial charge in [-0.25, -0.2) is 10.2 Å². The maximum absolute atomic E-state index is 13.5. The zero-order valence-corrected chi connectivity index (χ0v) is 23.0. The first-order valence-electron chi connectivity index (χ1n) is 12.7. The summed E-state index contributed by atoms with van der Waals surface area (Å²) >= 11 is 1.57. The SMILES string of the molecule is COC(=O)[C@H]1CCCCC1NNC(=O)[C@H](Cc1ccccc1)c1csc2ccc(C(=N)N)cc12.O=C(O)C(F)(F)F.